The lowest BCUT2D eigenvalue weighted by Gasteiger charge is -2.17. The Morgan fingerprint density at radius 3 is 2.67 bits per heavy atom. The molecular formula is C15H21BrClN3O. The normalized spacial score (nSPS) is 28.0. The first-order chi connectivity index (χ1) is 9.61. The van der Waals surface area contributed by atoms with Gasteiger partial charge in [-0.05, 0) is 48.9 Å². The highest BCUT2D eigenvalue weighted by atomic mass is 79.9. The molecule has 1 amide bonds. The topological polar surface area (TPSA) is 58.4 Å². The van der Waals surface area contributed by atoms with Gasteiger partial charge in [-0.25, -0.2) is 0 Å². The molecule has 3 rings (SSSR count). The number of benzene rings is 1. The molecule has 1 aromatic carbocycles. The molecule has 1 heterocycles. The molecule has 2 fully saturated rings. The minimum atomic E-state index is 0. The predicted molar refractivity (Wildman–Crippen MR) is 90.6 cm³/mol. The molecule has 0 spiro atoms. The van der Waals surface area contributed by atoms with E-state index in [1.807, 2.05) is 24.3 Å². The molecule has 3 atom stereocenters. The fourth-order valence-corrected chi connectivity index (χ4v) is 3.73. The van der Waals surface area contributed by atoms with Crippen molar-refractivity contribution in [2.24, 2.45) is 17.6 Å². The summed E-state index contributed by atoms with van der Waals surface area (Å²) >= 11 is 3.38. The lowest BCUT2D eigenvalue weighted by Crippen LogP contribution is -2.34. The van der Waals surface area contributed by atoms with Gasteiger partial charge in [0.05, 0.1) is 6.54 Å². The van der Waals surface area contributed by atoms with E-state index in [2.05, 4.69) is 26.1 Å². The fraction of sp³-hybridized carbons (Fsp3) is 0.533. The van der Waals surface area contributed by atoms with E-state index < -0.39 is 0 Å². The summed E-state index contributed by atoms with van der Waals surface area (Å²) in [5, 5.41) is 2.94. The second kappa shape index (κ2) is 7.09. The standard InChI is InChI=1S/C15H20BrN3O.ClH/c16-11-2-4-12(5-3-11)18-15(20)9-19-7-10-1-6-14(17)13(10)8-19;/h2-5,10,13-14H,1,6-9,17H2,(H,18,20);1H. The number of hydrogen-bond donors (Lipinski definition) is 2. The van der Waals surface area contributed by atoms with Crippen molar-refractivity contribution in [3.63, 3.8) is 0 Å². The van der Waals surface area contributed by atoms with Crippen LogP contribution in [0.5, 0.6) is 0 Å². The predicted octanol–water partition coefficient (Wildman–Crippen LogP) is 2.48. The lowest BCUT2D eigenvalue weighted by atomic mass is 9.98. The number of fused-ring (bicyclic) bond motifs is 1. The minimum Gasteiger partial charge on any atom is -0.327 e. The maximum absolute atomic E-state index is 12.1. The summed E-state index contributed by atoms with van der Waals surface area (Å²) in [5.41, 5.74) is 6.96. The maximum atomic E-state index is 12.1. The van der Waals surface area contributed by atoms with Crippen molar-refractivity contribution in [1.82, 2.24) is 4.90 Å². The summed E-state index contributed by atoms with van der Waals surface area (Å²) in [6.07, 6.45) is 2.37. The van der Waals surface area contributed by atoms with Crippen LogP contribution < -0.4 is 11.1 Å². The molecule has 21 heavy (non-hydrogen) atoms. The number of nitrogens with one attached hydrogen (secondary N) is 1. The van der Waals surface area contributed by atoms with Crippen molar-refractivity contribution in [1.29, 1.82) is 0 Å². The van der Waals surface area contributed by atoms with E-state index in [0.29, 0.717) is 24.4 Å². The smallest absolute Gasteiger partial charge is 0.238 e. The van der Waals surface area contributed by atoms with Gasteiger partial charge >= 0.3 is 0 Å². The largest absolute Gasteiger partial charge is 0.327 e. The minimum absolute atomic E-state index is 0. The first kappa shape index (κ1) is 16.7. The van der Waals surface area contributed by atoms with E-state index in [0.717, 1.165) is 29.7 Å². The van der Waals surface area contributed by atoms with Gasteiger partial charge in [-0.3, -0.25) is 9.69 Å². The molecule has 3 unspecified atom stereocenters. The van der Waals surface area contributed by atoms with Crippen molar-refractivity contribution in [2.75, 3.05) is 25.0 Å². The van der Waals surface area contributed by atoms with Gasteiger partial charge in [0.2, 0.25) is 5.91 Å². The van der Waals surface area contributed by atoms with Crippen molar-refractivity contribution in [2.45, 2.75) is 18.9 Å². The zero-order valence-corrected chi connectivity index (χ0v) is 14.2. The highest BCUT2D eigenvalue weighted by Gasteiger charge is 2.41. The number of carbonyl (C=O) groups is 1. The molecule has 6 heteroatoms. The van der Waals surface area contributed by atoms with Crippen molar-refractivity contribution >= 4 is 39.9 Å². The first-order valence-electron chi connectivity index (χ1n) is 7.15. The van der Waals surface area contributed by atoms with Crippen LogP contribution in [0.3, 0.4) is 0 Å². The molecule has 1 aromatic rings. The van der Waals surface area contributed by atoms with Gasteiger partial charge in [-0.2, -0.15) is 0 Å². The Bertz CT molecular complexity index is 496. The molecule has 3 N–H and O–H groups in total. The quantitative estimate of drug-likeness (QED) is 0.854. The molecule has 1 saturated carbocycles. The highest BCUT2D eigenvalue weighted by molar-refractivity contribution is 9.10. The number of halogens is 2. The van der Waals surface area contributed by atoms with E-state index in [9.17, 15) is 4.79 Å². The van der Waals surface area contributed by atoms with Crippen LogP contribution in [-0.2, 0) is 4.79 Å². The maximum Gasteiger partial charge on any atom is 0.238 e. The van der Waals surface area contributed by atoms with Crippen LogP contribution >= 0.6 is 28.3 Å². The summed E-state index contributed by atoms with van der Waals surface area (Å²) in [7, 11) is 0. The Labute approximate surface area is 140 Å². The molecule has 4 nitrogen and oxygen atoms in total. The van der Waals surface area contributed by atoms with Crippen LogP contribution in [0.15, 0.2) is 28.7 Å². The van der Waals surface area contributed by atoms with Gasteiger partial charge in [0.25, 0.3) is 0 Å². The molecule has 0 bridgehead atoms. The third-order valence-electron chi connectivity index (χ3n) is 4.48. The summed E-state index contributed by atoms with van der Waals surface area (Å²) < 4.78 is 1.01. The monoisotopic (exact) mass is 373 g/mol. The van der Waals surface area contributed by atoms with Gasteiger partial charge < -0.3 is 11.1 Å². The Kier molecular flexibility index (Phi) is 5.66. The van der Waals surface area contributed by atoms with Crippen LogP contribution in [0.25, 0.3) is 0 Å². The van der Waals surface area contributed by atoms with Gasteiger partial charge in [0.1, 0.15) is 0 Å². The average molecular weight is 375 g/mol. The molecular weight excluding hydrogens is 354 g/mol. The third-order valence-corrected chi connectivity index (χ3v) is 5.01. The van der Waals surface area contributed by atoms with Gasteiger partial charge in [0, 0.05) is 29.3 Å². The molecule has 0 aromatic heterocycles. The molecule has 0 radical (unpaired) electrons. The number of hydrogen-bond acceptors (Lipinski definition) is 3. The van der Waals surface area contributed by atoms with Crippen LogP contribution in [0, 0.1) is 11.8 Å². The number of nitrogens with zero attached hydrogens (tertiary/aromatic N) is 1. The van der Waals surface area contributed by atoms with E-state index in [1.165, 1.54) is 6.42 Å². The van der Waals surface area contributed by atoms with Crippen LogP contribution in [0.1, 0.15) is 12.8 Å². The third kappa shape index (κ3) is 3.97. The average Bonchev–Trinajstić information content (AvgIpc) is 2.95. The number of anilines is 1. The summed E-state index contributed by atoms with van der Waals surface area (Å²) in [6, 6.07) is 7.98. The molecule has 2 aliphatic rings. The van der Waals surface area contributed by atoms with E-state index >= 15 is 0 Å². The number of nitrogens with two attached hydrogens (primary N) is 1. The van der Waals surface area contributed by atoms with Crippen molar-refractivity contribution in [3.05, 3.63) is 28.7 Å². The van der Waals surface area contributed by atoms with Gasteiger partial charge in [-0.15, -0.1) is 12.4 Å². The number of carbonyl (C=O) groups excluding carboxylic acids is 1. The molecule has 1 aliphatic carbocycles. The Balaban J connectivity index is 0.00000161. The Morgan fingerprint density at radius 1 is 1.29 bits per heavy atom. The Morgan fingerprint density at radius 2 is 2.00 bits per heavy atom. The molecule has 1 aliphatic heterocycles. The zero-order valence-electron chi connectivity index (χ0n) is 11.8. The number of likely N-dealkylation sites (tertiary alicyclic amines) is 1. The Hall–Kier alpha value is -0.620. The van der Waals surface area contributed by atoms with E-state index in [-0.39, 0.29) is 18.3 Å². The van der Waals surface area contributed by atoms with Crippen LogP contribution in [-0.4, -0.2) is 36.5 Å². The number of rotatable bonds is 3. The van der Waals surface area contributed by atoms with Gasteiger partial charge in [0.15, 0.2) is 0 Å². The van der Waals surface area contributed by atoms with E-state index in [4.69, 9.17) is 5.73 Å². The van der Waals surface area contributed by atoms with E-state index in [1.54, 1.807) is 0 Å². The second-order valence-corrected chi connectivity index (χ2v) is 6.83. The summed E-state index contributed by atoms with van der Waals surface area (Å²) in [6.45, 7) is 2.46. The number of amides is 1. The zero-order chi connectivity index (χ0) is 14.1. The van der Waals surface area contributed by atoms with Crippen LogP contribution in [0.2, 0.25) is 0 Å². The molecule has 1 saturated heterocycles. The van der Waals surface area contributed by atoms with Gasteiger partial charge in [-0.1, -0.05) is 15.9 Å². The lowest BCUT2D eigenvalue weighted by molar-refractivity contribution is -0.117. The fourth-order valence-electron chi connectivity index (χ4n) is 3.47. The summed E-state index contributed by atoms with van der Waals surface area (Å²) in [4.78, 5) is 14.3. The SMILES string of the molecule is Cl.NC1CCC2CN(CC(=O)Nc3ccc(Br)cc3)CC12. The van der Waals surface area contributed by atoms with Crippen molar-refractivity contribution < 1.29 is 4.79 Å². The van der Waals surface area contributed by atoms with Crippen LogP contribution in [0.4, 0.5) is 5.69 Å². The first-order valence-corrected chi connectivity index (χ1v) is 7.94. The second-order valence-electron chi connectivity index (χ2n) is 5.91. The van der Waals surface area contributed by atoms with Crippen molar-refractivity contribution in [3.8, 4) is 0 Å². The highest BCUT2D eigenvalue weighted by Crippen LogP contribution is 2.36. The molecule has 116 valence electrons. The summed E-state index contributed by atoms with van der Waals surface area (Å²) in [5.74, 6) is 1.35.